The molecule has 0 heterocycles. The number of hydrogen-bond donors (Lipinski definition) is 0. The Balaban J connectivity index is 2.41. The van der Waals surface area contributed by atoms with Gasteiger partial charge in [0.05, 0.1) is 11.4 Å². The molecule has 0 fully saturated rings. The molecule has 0 aliphatic rings. The fourth-order valence-electron chi connectivity index (χ4n) is 1.66. The van der Waals surface area contributed by atoms with Gasteiger partial charge in [0.15, 0.2) is 0 Å². The van der Waals surface area contributed by atoms with Gasteiger partial charge in [0.1, 0.15) is 11.5 Å². The third-order valence-corrected chi connectivity index (χ3v) is 3.10. The molecule has 0 saturated carbocycles. The van der Waals surface area contributed by atoms with Crippen LogP contribution in [0.25, 0.3) is 0 Å². The number of ether oxygens (including phenoxy) is 1. The van der Waals surface area contributed by atoms with Crippen LogP contribution in [-0.4, -0.2) is 0 Å². The molecule has 2 aromatic rings. The van der Waals surface area contributed by atoms with E-state index in [0.29, 0.717) is 10.6 Å². The summed E-state index contributed by atoms with van der Waals surface area (Å²) in [5.74, 6) is 0.0687. The highest BCUT2D eigenvalue weighted by atomic mass is 35.5. The Morgan fingerprint density at radius 2 is 1.70 bits per heavy atom. The van der Waals surface area contributed by atoms with Crippen molar-refractivity contribution in [2.45, 2.75) is 12.1 Å². The van der Waals surface area contributed by atoms with Gasteiger partial charge in [-0.25, -0.2) is 0 Å². The van der Waals surface area contributed by atoms with E-state index in [0.717, 1.165) is 6.07 Å². The van der Waals surface area contributed by atoms with E-state index in [1.165, 1.54) is 30.3 Å². The number of halogens is 5. The predicted octanol–water partition coefficient (Wildman–Crippen LogP) is 5.89. The summed E-state index contributed by atoms with van der Waals surface area (Å²) in [6.45, 7) is 0. The summed E-state index contributed by atoms with van der Waals surface area (Å²) in [5.41, 5.74) is -0.313. The Morgan fingerprint density at radius 1 is 1.00 bits per heavy atom. The molecule has 6 heteroatoms. The van der Waals surface area contributed by atoms with Gasteiger partial charge in [0.25, 0.3) is 0 Å². The fourth-order valence-corrected chi connectivity index (χ4v) is 2.06. The van der Waals surface area contributed by atoms with E-state index < -0.39 is 11.7 Å². The molecular weight excluding hydrogens is 312 g/mol. The molecule has 0 aliphatic heterocycles. The predicted molar refractivity (Wildman–Crippen MR) is 72.5 cm³/mol. The van der Waals surface area contributed by atoms with E-state index in [2.05, 4.69) is 0 Å². The van der Waals surface area contributed by atoms with Gasteiger partial charge in [-0.2, -0.15) is 13.2 Å². The van der Waals surface area contributed by atoms with Gasteiger partial charge in [-0.05, 0) is 30.3 Å². The van der Waals surface area contributed by atoms with Crippen molar-refractivity contribution in [3.63, 3.8) is 0 Å². The third kappa shape index (κ3) is 3.38. The molecule has 0 saturated heterocycles. The summed E-state index contributed by atoms with van der Waals surface area (Å²) >= 11 is 11.5. The van der Waals surface area contributed by atoms with Gasteiger partial charge in [-0.3, -0.25) is 0 Å². The lowest BCUT2D eigenvalue weighted by Gasteiger charge is -2.15. The van der Waals surface area contributed by atoms with Crippen LogP contribution in [0.3, 0.4) is 0 Å². The summed E-state index contributed by atoms with van der Waals surface area (Å²) < 4.78 is 44.0. The van der Waals surface area contributed by atoms with Crippen LogP contribution < -0.4 is 4.74 Å². The first-order valence-electron chi connectivity index (χ1n) is 5.60. The van der Waals surface area contributed by atoms with Gasteiger partial charge in [0, 0.05) is 10.6 Å². The van der Waals surface area contributed by atoms with Crippen LogP contribution in [0, 0.1) is 0 Å². The standard InChI is InChI=1S/C14H9Cl2F3O/c15-8-9-7-10(16)5-6-12(9)20-13-4-2-1-3-11(13)14(17,18)19/h1-7H,8H2. The molecule has 0 spiro atoms. The molecule has 2 rings (SSSR count). The minimum absolute atomic E-state index is 0.0874. The molecule has 2 aromatic carbocycles. The molecule has 0 atom stereocenters. The van der Waals surface area contributed by atoms with Gasteiger partial charge >= 0.3 is 6.18 Å². The molecule has 1 nitrogen and oxygen atoms in total. The first-order valence-corrected chi connectivity index (χ1v) is 6.51. The molecule has 0 unspecified atom stereocenters. The Hall–Kier alpha value is -1.39. The third-order valence-electron chi connectivity index (χ3n) is 2.58. The fraction of sp³-hybridized carbons (Fsp3) is 0.143. The Kier molecular flexibility index (Phi) is 4.45. The second-order valence-electron chi connectivity index (χ2n) is 3.98. The zero-order valence-corrected chi connectivity index (χ0v) is 11.6. The van der Waals surface area contributed by atoms with Crippen LogP contribution in [0.4, 0.5) is 13.2 Å². The maximum atomic E-state index is 12.9. The number of rotatable bonds is 3. The first kappa shape index (κ1) is 15.0. The molecule has 20 heavy (non-hydrogen) atoms. The van der Waals surface area contributed by atoms with Gasteiger partial charge in [-0.1, -0.05) is 23.7 Å². The highest BCUT2D eigenvalue weighted by Crippen LogP contribution is 2.39. The lowest BCUT2D eigenvalue weighted by Crippen LogP contribution is -2.07. The zero-order valence-electron chi connectivity index (χ0n) is 10.0. The molecule has 0 aromatic heterocycles. The summed E-state index contributed by atoms with van der Waals surface area (Å²) in [4.78, 5) is 0. The molecule has 0 radical (unpaired) electrons. The SMILES string of the molecule is FC(F)(F)c1ccccc1Oc1ccc(Cl)cc1CCl. The maximum Gasteiger partial charge on any atom is 0.419 e. The van der Waals surface area contributed by atoms with Gasteiger partial charge in [-0.15, -0.1) is 11.6 Å². The quantitative estimate of drug-likeness (QED) is 0.641. The largest absolute Gasteiger partial charge is 0.456 e. The molecular formula is C14H9Cl2F3O. The first-order chi connectivity index (χ1) is 9.41. The average Bonchev–Trinajstić information content (AvgIpc) is 2.40. The second kappa shape index (κ2) is 5.94. The molecule has 0 aliphatic carbocycles. The van der Waals surface area contributed by atoms with Crippen molar-refractivity contribution in [1.82, 2.24) is 0 Å². The van der Waals surface area contributed by atoms with E-state index in [9.17, 15) is 13.2 Å². The van der Waals surface area contributed by atoms with Crippen molar-refractivity contribution in [2.75, 3.05) is 0 Å². The molecule has 0 N–H and O–H groups in total. The second-order valence-corrected chi connectivity index (χ2v) is 4.69. The number of hydrogen-bond acceptors (Lipinski definition) is 1. The number of alkyl halides is 4. The van der Waals surface area contributed by atoms with Crippen LogP contribution in [-0.2, 0) is 12.1 Å². The van der Waals surface area contributed by atoms with Crippen molar-refractivity contribution in [1.29, 1.82) is 0 Å². The lowest BCUT2D eigenvalue weighted by atomic mass is 10.2. The number of para-hydroxylation sites is 1. The van der Waals surface area contributed by atoms with Gasteiger partial charge in [0.2, 0.25) is 0 Å². The van der Waals surface area contributed by atoms with Crippen LogP contribution in [0.15, 0.2) is 42.5 Å². The average molecular weight is 321 g/mol. The van der Waals surface area contributed by atoms with E-state index in [4.69, 9.17) is 27.9 Å². The normalized spacial score (nSPS) is 11.4. The summed E-state index contributed by atoms with van der Waals surface area (Å²) in [6, 6.07) is 9.58. The Labute approximate surface area is 123 Å². The van der Waals surface area contributed by atoms with Crippen LogP contribution >= 0.6 is 23.2 Å². The van der Waals surface area contributed by atoms with Crippen molar-refractivity contribution < 1.29 is 17.9 Å². The molecule has 0 bridgehead atoms. The minimum atomic E-state index is -4.48. The highest BCUT2D eigenvalue weighted by Gasteiger charge is 2.34. The highest BCUT2D eigenvalue weighted by molar-refractivity contribution is 6.30. The summed E-state index contributed by atoms with van der Waals surface area (Å²) in [7, 11) is 0. The molecule has 106 valence electrons. The van der Waals surface area contributed by atoms with Crippen LogP contribution in [0.2, 0.25) is 5.02 Å². The van der Waals surface area contributed by atoms with Crippen LogP contribution in [0.1, 0.15) is 11.1 Å². The smallest absolute Gasteiger partial charge is 0.419 e. The van der Waals surface area contributed by atoms with E-state index >= 15 is 0 Å². The Morgan fingerprint density at radius 3 is 2.35 bits per heavy atom. The lowest BCUT2D eigenvalue weighted by molar-refractivity contribution is -0.138. The van der Waals surface area contributed by atoms with Crippen molar-refractivity contribution >= 4 is 23.2 Å². The zero-order chi connectivity index (χ0) is 14.8. The van der Waals surface area contributed by atoms with E-state index in [-0.39, 0.29) is 17.4 Å². The summed E-state index contributed by atoms with van der Waals surface area (Å²) in [5, 5.41) is 0.442. The minimum Gasteiger partial charge on any atom is -0.456 e. The van der Waals surface area contributed by atoms with Gasteiger partial charge < -0.3 is 4.74 Å². The van der Waals surface area contributed by atoms with E-state index in [1.807, 2.05) is 0 Å². The van der Waals surface area contributed by atoms with Crippen molar-refractivity contribution in [3.05, 3.63) is 58.6 Å². The van der Waals surface area contributed by atoms with E-state index in [1.54, 1.807) is 6.07 Å². The van der Waals surface area contributed by atoms with Crippen molar-refractivity contribution in [3.8, 4) is 11.5 Å². The number of benzene rings is 2. The maximum absolute atomic E-state index is 12.9. The van der Waals surface area contributed by atoms with Crippen LogP contribution in [0.5, 0.6) is 11.5 Å². The monoisotopic (exact) mass is 320 g/mol. The Bertz CT molecular complexity index is 612. The topological polar surface area (TPSA) is 9.23 Å². The summed E-state index contributed by atoms with van der Waals surface area (Å²) in [6.07, 6.45) is -4.48. The van der Waals surface area contributed by atoms with Crippen molar-refractivity contribution in [2.24, 2.45) is 0 Å². The molecule has 0 amide bonds.